The zero-order valence-corrected chi connectivity index (χ0v) is 17.9. The number of carbonyl (C=O) groups is 2. The second kappa shape index (κ2) is 9.36. The first-order valence-corrected chi connectivity index (χ1v) is 10.4. The van der Waals surface area contributed by atoms with Crippen LogP contribution >= 0.6 is 39.3 Å². The first-order chi connectivity index (χ1) is 13.4. The predicted molar refractivity (Wildman–Crippen MR) is 118 cm³/mol. The van der Waals surface area contributed by atoms with E-state index in [-0.39, 0.29) is 18.2 Å². The number of hydrogen-bond acceptors (Lipinski definition) is 5. The van der Waals surface area contributed by atoms with Gasteiger partial charge in [0, 0.05) is 15.9 Å². The van der Waals surface area contributed by atoms with Crippen LogP contribution in [0.1, 0.15) is 18.9 Å². The van der Waals surface area contributed by atoms with Crippen molar-refractivity contribution in [2.45, 2.75) is 18.6 Å². The number of amides is 2. The van der Waals surface area contributed by atoms with Crippen LogP contribution < -0.4 is 10.6 Å². The molecule has 144 valence electrons. The average molecular weight is 480 g/mol. The normalized spacial score (nSPS) is 18.2. The third-order valence-electron chi connectivity index (χ3n) is 3.85. The van der Waals surface area contributed by atoms with E-state index >= 15 is 0 Å². The zero-order valence-electron chi connectivity index (χ0n) is 14.8. The van der Waals surface area contributed by atoms with Gasteiger partial charge in [0.2, 0.25) is 11.8 Å². The Hall–Kier alpha value is -2.16. The molecule has 1 heterocycles. The fourth-order valence-corrected chi connectivity index (χ4v) is 3.82. The lowest BCUT2D eigenvalue weighted by atomic mass is 10.1. The highest BCUT2D eigenvalue weighted by atomic mass is 79.9. The molecule has 0 bridgehead atoms. The van der Waals surface area contributed by atoms with Gasteiger partial charge in [-0.15, -0.1) is 5.10 Å². The van der Waals surface area contributed by atoms with Crippen molar-refractivity contribution in [3.63, 3.8) is 0 Å². The number of anilines is 1. The van der Waals surface area contributed by atoms with Crippen LogP contribution in [0.3, 0.4) is 0 Å². The van der Waals surface area contributed by atoms with Gasteiger partial charge >= 0.3 is 0 Å². The van der Waals surface area contributed by atoms with Gasteiger partial charge in [-0.3, -0.25) is 9.59 Å². The van der Waals surface area contributed by atoms with Crippen LogP contribution in [0.4, 0.5) is 5.69 Å². The molecule has 1 atom stereocenters. The molecular weight excluding hydrogens is 464 g/mol. The van der Waals surface area contributed by atoms with Gasteiger partial charge in [0.15, 0.2) is 5.17 Å². The summed E-state index contributed by atoms with van der Waals surface area (Å²) < 4.78 is 0.779. The lowest BCUT2D eigenvalue weighted by Crippen LogP contribution is -2.28. The summed E-state index contributed by atoms with van der Waals surface area (Å²) in [6, 6.07) is 14.5. The van der Waals surface area contributed by atoms with Crippen LogP contribution in [-0.4, -0.2) is 27.9 Å². The van der Waals surface area contributed by atoms with Crippen molar-refractivity contribution in [1.29, 1.82) is 0 Å². The molecule has 0 radical (unpaired) electrons. The molecule has 6 nitrogen and oxygen atoms in total. The van der Waals surface area contributed by atoms with Crippen LogP contribution in [0.5, 0.6) is 0 Å². The Labute approximate surface area is 180 Å². The molecule has 0 saturated carbocycles. The van der Waals surface area contributed by atoms with Crippen LogP contribution in [0.25, 0.3) is 0 Å². The van der Waals surface area contributed by atoms with Gasteiger partial charge in [-0.25, -0.2) is 0 Å². The molecule has 28 heavy (non-hydrogen) atoms. The van der Waals surface area contributed by atoms with E-state index in [9.17, 15) is 9.59 Å². The molecule has 2 N–H and O–H groups in total. The summed E-state index contributed by atoms with van der Waals surface area (Å²) >= 11 is 10.4. The van der Waals surface area contributed by atoms with E-state index in [4.69, 9.17) is 11.6 Å². The molecule has 1 fully saturated rings. The number of hydrogen-bond donors (Lipinski definition) is 2. The first kappa shape index (κ1) is 20.6. The lowest BCUT2D eigenvalue weighted by Gasteiger charge is -2.08. The summed E-state index contributed by atoms with van der Waals surface area (Å²) in [6.07, 6.45) is 0.0384. The molecule has 9 heteroatoms. The van der Waals surface area contributed by atoms with E-state index in [2.05, 4.69) is 36.8 Å². The fourth-order valence-electron chi connectivity index (χ4n) is 2.39. The predicted octanol–water partition coefficient (Wildman–Crippen LogP) is 4.44. The van der Waals surface area contributed by atoms with Crippen LogP contribution in [0.2, 0.25) is 5.02 Å². The number of thioether (sulfide) groups is 1. The van der Waals surface area contributed by atoms with Gasteiger partial charge in [-0.2, -0.15) is 5.10 Å². The minimum absolute atomic E-state index is 0.0384. The average Bonchev–Trinajstić information content (AvgIpc) is 3.01. The van der Waals surface area contributed by atoms with Gasteiger partial charge in [0.05, 0.1) is 11.4 Å². The van der Waals surface area contributed by atoms with E-state index in [1.165, 1.54) is 11.8 Å². The standard InChI is InChI=1S/C19H16BrClN4O2S/c1-11(12-6-8-13(21)9-7-12)24-25-19-23-18(27)16(28-19)10-17(26)22-15-5-3-2-4-14(15)20/h2-9,16H,10H2,1H3,(H,22,26)(H,23,25,27)/b24-11-/t16-/m0/s1. The summed E-state index contributed by atoms with van der Waals surface area (Å²) in [7, 11) is 0. The number of rotatable bonds is 5. The van der Waals surface area contributed by atoms with Crippen molar-refractivity contribution in [3.05, 3.63) is 63.6 Å². The second-order valence-corrected chi connectivity index (χ2v) is 8.41. The summed E-state index contributed by atoms with van der Waals surface area (Å²) in [6.45, 7) is 1.82. The number of benzene rings is 2. The van der Waals surface area contributed by atoms with E-state index < -0.39 is 5.25 Å². The highest BCUT2D eigenvalue weighted by Crippen LogP contribution is 2.25. The van der Waals surface area contributed by atoms with E-state index in [1.807, 2.05) is 37.3 Å². The quantitative estimate of drug-likeness (QED) is 0.491. The summed E-state index contributed by atoms with van der Waals surface area (Å²) in [5.74, 6) is -0.507. The molecule has 1 aliphatic rings. The highest BCUT2D eigenvalue weighted by Gasteiger charge is 2.32. The Morgan fingerprint density at radius 2 is 1.96 bits per heavy atom. The van der Waals surface area contributed by atoms with E-state index in [0.717, 1.165) is 10.0 Å². The van der Waals surface area contributed by atoms with Crippen LogP contribution in [-0.2, 0) is 9.59 Å². The maximum atomic E-state index is 12.2. The van der Waals surface area contributed by atoms with Crippen molar-refractivity contribution >= 4 is 67.7 Å². The van der Waals surface area contributed by atoms with Gasteiger partial charge < -0.3 is 10.6 Å². The van der Waals surface area contributed by atoms with Crippen molar-refractivity contribution in [2.24, 2.45) is 10.2 Å². The van der Waals surface area contributed by atoms with Crippen LogP contribution in [0, 0.1) is 0 Å². The monoisotopic (exact) mass is 478 g/mol. The Morgan fingerprint density at radius 1 is 1.25 bits per heavy atom. The topological polar surface area (TPSA) is 82.9 Å². The number of nitrogens with one attached hydrogen (secondary N) is 2. The third-order valence-corrected chi connectivity index (χ3v) is 5.86. The van der Waals surface area contributed by atoms with Gasteiger partial charge in [0.1, 0.15) is 5.25 Å². The summed E-state index contributed by atoms with van der Waals surface area (Å²) in [4.78, 5) is 24.4. The number of para-hydroxylation sites is 1. The molecule has 2 amide bonds. The van der Waals surface area contributed by atoms with Gasteiger partial charge in [-0.1, -0.05) is 47.6 Å². The van der Waals surface area contributed by atoms with Crippen molar-refractivity contribution < 1.29 is 9.59 Å². The number of amidine groups is 1. The summed E-state index contributed by atoms with van der Waals surface area (Å²) in [5.41, 5.74) is 2.23. The third kappa shape index (κ3) is 5.43. The Balaban J connectivity index is 1.60. The molecule has 2 aromatic rings. The minimum Gasteiger partial charge on any atom is -0.325 e. The number of halogens is 2. The molecule has 0 unspecified atom stereocenters. The van der Waals surface area contributed by atoms with Gasteiger partial charge in [-0.05, 0) is 52.7 Å². The number of carbonyl (C=O) groups excluding carboxylic acids is 2. The fraction of sp³-hybridized carbons (Fsp3) is 0.158. The van der Waals surface area contributed by atoms with Crippen molar-refractivity contribution in [3.8, 4) is 0 Å². The Bertz CT molecular complexity index is 963. The van der Waals surface area contributed by atoms with E-state index in [1.54, 1.807) is 18.2 Å². The van der Waals surface area contributed by atoms with Gasteiger partial charge in [0.25, 0.3) is 0 Å². The maximum Gasteiger partial charge on any atom is 0.240 e. The molecule has 0 spiro atoms. The van der Waals surface area contributed by atoms with Crippen LogP contribution in [0.15, 0.2) is 63.2 Å². The SMILES string of the molecule is C/C(=N/N=C1\NC(=O)[C@H](CC(=O)Nc2ccccc2Br)S1)c1ccc(Cl)cc1. The molecule has 1 saturated heterocycles. The molecular formula is C19H16BrClN4O2S. The molecule has 1 aliphatic heterocycles. The van der Waals surface area contributed by atoms with Crippen molar-refractivity contribution in [2.75, 3.05) is 5.32 Å². The zero-order chi connectivity index (χ0) is 20.1. The summed E-state index contributed by atoms with van der Waals surface area (Å²) in [5, 5.41) is 14.2. The molecule has 2 aromatic carbocycles. The first-order valence-electron chi connectivity index (χ1n) is 8.32. The molecule has 0 aliphatic carbocycles. The largest absolute Gasteiger partial charge is 0.325 e. The van der Waals surface area contributed by atoms with E-state index in [0.29, 0.717) is 21.6 Å². The highest BCUT2D eigenvalue weighted by molar-refractivity contribution is 9.10. The second-order valence-electron chi connectivity index (χ2n) is 5.93. The smallest absolute Gasteiger partial charge is 0.240 e. The lowest BCUT2D eigenvalue weighted by molar-refractivity contribution is -0.122. The molecule has 3 rings (SSSR count). The van der Waals surface area contributed by atoms with Crippen molar-refractivity contribution in [1.82, 2.24) is 5.32 Å². The Kier molecular flexibility index (Phi) is 6.88. The molecule has 0 aromatic heterocycles. The maximum absolute atomic E-state index is 12.2. The Morgan fingerprint density at radius 3 is 2.68 bits per heavy atom. The minimum atomic E-state index is -0.549. The number of nitrogens with zero attached hydrogens (tertiary/aromatic N) is 2.